The lowest BCUT2D eigenvalue weighted by Gasteiger charge is -2.20. The zero-order valence-electron chi connectivity index (χ0n) is 16.5. The van der Waals surface area contributed by atoms with Crippen LogP contribution in [-0.4, -0.2) is 35.4 Å². The Morgan fingerprint density at radius 2 is 1.84 bits per heavy atom. The van der Waals surface area contributed by atoms with Crippen LogP contribution in [0.15, 0.2) is 75.2 Å². The van der Waals surface area contributed by atoms with E-state index in [1.165, 1.54) is 41.0 Å². The van der Waals surface area contributed by atoms with Gasteiger partial charge in [-0.05, 0) is 48.9 Å². The third kappa shape index (κ3) is 4.30. The van der Waals surface area contributed by atoms with E-state index in [2.05, 4.69) is 10.1 Å². The summed E-state index contributed by atoms with van der Waals surface area (Å²) in [6.45, 7) is 2.02. The van der Waals surface area contributed by atoms with Crippen LogP contribution < -0.4 is 4.18 Å². The number of nitrogens with one attached hydrogen (secondary N) is 1. The van der Waals surface area contributed by atoms with Gasteiger partial charge in [-0.2, -0.15) is 23.5 Å². The van der Waals surface area contributed by atoms with E-state index in [1.54, 1.807) is 36.4 Å². The number of hydrogen-bond donors (Lipinski definition) is 1. The Morgan fingerprint density at radius 3 is 2.58 bits per heavy atom. The highest BCUT2D eigenvalue weighted by Crippen LogP contribution is 2.31. The predicted molar refractivity (Wildman–Crippen MR) is 121 cm³/mol. The van der Waals surface area contributed by atoms with E-state index in [9.17, 15) is 13.2 Å². The second-order valence-corrected chi connectivity index (χ2v) is 9.24. The topological polar surface area (TPSA) is 112 Å². The van der Waals surface area contributed by atoms with E-state index in [1.807, 2.05) is 6.92 Å². The van der Waals surface area contributed by atoms with Gasteiger partial charge in [-0.1, -0.05) is 43.3 Å². The number of hydrogen-bond acceptors (Lipinski definition) is 7. The smallest absolute Gasteiger partial charge is 0.339 e. The van der Waals surface area contributed by atoms with E-state index in [0.29, 0.717) is 10.7 Å². The minimum atomic E-state index is -4.06. The van der Waals surface area contributed by atoms with Crippen LogP contribution in [0.5, 0.6) is 5.75 Å². The Bertz CT molecular complexity index is 1250. The zero-order valence-corrected chi connectivity index (χ0v) is 18.1. The average Bonchev–Trinajstić information content (AvgIpc) is 3.15. The molecule has 4 rings (SSSR count). The summed E-state index contributed by atoms with van der Waals surface area (Å²) >= 11 is 1.28. The zero-order chi connectivity index (χ0) is 22.0. The molecule has 2 aliphatic rings. The first-order valence-corrected chi connectivity index (χ1v) is 11.7. The third-order valence-corrected chi connectivity index (χ3v) is 6.63. The number of nitrogens with zero attached hydrogens (tertiary/aromatic N) is 3. The second kappa shape index (κ2) is 8.48. The van der Waals surface area contributed by atoms with Gasteiger partial charge in [0.1, 0.15) is 15.7 Å². The minimum Gasteiger partial charge on any atom is -0.378 e. The highest BCUT2D eigenvalue weighted by Gasteiger charge is 2.35. The summed E-state index contributed by atoms with van der Waals surface area (Å²) in [5.41, 5.74) is 0.331. The molecule has 8 nitrogen and oxygen atoms in total. The standard InChI is InChI=1S/C21H18N4O4S2/c1-2-8-18-24-25-19(22)16(20(26)23-21(25)30-18)13-14-9-6-7-12-17(14)29-31(27,28)15-10-4-3-5-11-15/h3-7,9-13,22H,2,8H2,1H3. The van der Waals surface area contributed by atoms with Gasteiger partial charge in [0.05, 0.1) is 5.57 Å². The van der Waals surface area contributed by atoms with Gasteiger partial charge in [0.2, 0.25) is 5.17 Å². The fourth-order valence-electron chi connectivity index (χ4n) is 2.93. The van der Waals surface area contributed by atoms with Gasteiger partial charge in [0.25, 0.3) is 5.91 Å². The van der Waals surface area contributed by atoms with Gasteiger partial charge < -0.3 is 4.18 Å². The summed E-state index contributed by atoms with van der Waals surface area (Å²) in [7, 11) is -4.06. The highest BCUT2D eigenvalue weighted by atomic mass is 32.2. The van der Waals surface area contributed by atoms with Gasteiger partial charge in [-0.3, -0.25) is 10.2 Å². The van der Waals surface area contributed by atoms with Crippen LogP contribution >= 0.6 is 11.8 Å². The SMILES string of the molecule is CCCC1=NN2C(=N)C(=Cc3ccccc3OS(=O)(=O)c3ccccc3)C(=O)N=C2S1. The van der Waals surface area contributed by atoms with Crippen molar-refractivity contribution in [1.29, 1.82) is 5.41 Å². The number of amidine groups is 2. The molecule has 2 aromatic rings. The molecule has 10 heteroatoms. The Labute approximate surface area is 184 Å². The van der Waals surface area contributed by atoms with Gasteiger partial charge in [0, 0.05) is 5.56 Å². The van der Waals surface area contributed by atoms with Crippen LogP contribution in [-0.2, 0) is 14.9 Å². The van der Waals surface area contributed by atoms with Crippen molar-refractivity contribution in [3.05, 3.63) is 65.7 Å². The number of carbonyl (C=O) groups excluding carboxylic acids is 1. The summed E-state index contributed by atoms with van der Waals surface area (Å²) in [5, 5.41) is 15.3. The second-order valence-electron chi connectivity index (χ2n) is 6.65. The number of fused-ring (bicyclic) bond motifs is 1. The first-order valence-electron chi connectivity index (χ1n) is 9.46. The third-order valence-electron chi connectivity index (χ3n) is 4.41. The average molecular weight is 455 g/mol. The van der Waals surface area contributed by atoms with Gasteiger partial charge in [0.15, 0.2) is 5.84 Å². The van der Waals surface area contributed by atoms with Crippen molar-refractivity contribution in [1.82, 2.24) is 5.01 Å². The summed E-state index contributed by atoms with van der Waals surface area (Å²) in [6.07, 6.45) is 3.02. The van der Waals surface area contributed by atoms with Crippen molar-refractivity contribution >= 4 is 49.9 Å². The summed E-state index contributed by atoms with van der Waals surface area (Å²) in [4.78, 5) is 16.6. The predicted octanol–water partition coefficient (Wildman–Crippen LogP) is 3.87. The summed E-state index contributed by atoms with van der Waals surface area (Å²) in [6, 6.07) is 14.2. The molecule has 31 heavy (non-hydrogen) atoms. The Balaban J connectivity index is 1.68. The molecular weight excluding hydrogens is 436 g/mol. The molecule has 0 saturated carbocycles. The van der Waals surface area contributed by atoms with E-state index in [0.717, 1.165) is 17.9 Å². The molecule has 1 N–H and O–H groups in total. The van der Waals surface area contributed by atoms with E-state index in [-0.39, 0.29) is 22.1 Å². The van der Waals surface area contributed by atoms with E-state index in [4.69, 9.17) is 9.59 Å². The summed E-state index contributed by atoms with van der Waals surface area (Å²) in [5.74, 6) is -0.660. The Morgan fingerprint density at radius 1 is 1.13 bits per heavy atom. The lowest BCUT2D eigenvalue weighted by molar-refractivity contribution is -0.114. The van der Waals surface area contributed by atoms with Crippen LogP contribution in [0.1, 0.15) is 25.3 Å². The molecule has 0 atom stereocenters. The van der Waals surface area contributed by atoms with Crippen LogP contribution in [0.25, 0.3) is 6.08 Å². The molecule has 0 aliphatic carbocycles. The normalized spacial score (nSPS) is 17.5. The van der Waals surface area contributed by atoms with E-state index >= 15 is 0 Å². The van der Waals surface area contributed by atoms with Gasteiger partial charge in [-0.25, -0.2) is 0 Å². The van der Waals surface area contributed by atoms with E-state index < -0.39 is 16.0 Å². The van der Waals surface area contributed by atoms with Crippen molar-refractivity contribution in [2.75, 3.05) is 0 Å². The van der Waals surface area contributed by atoms with Crippen LogP contribution in [0.3, 0.4) is 0 Å². The van der Waals surface area contributed by atoms with Gasteiger partial charge >= 0.3 is 10.1 Å². The fraction of sp³-hybridized carbons (Fsp3) is 0.143. The van der Waals surface area contributed by atoms with Crippen LogP contribution in [0.2, 0.25) is 0 Å². The Hall–Kier alpha value is -3.24. The number of amides is 1. The number of rotatable bonds is 6. The molecule has 0 saturated heterocycles. The quantitative estimate of drug-likeness (QED) is 0.524. The van der Waals surface area contributed by atoms with Crippen molar-refractivity contribution in [2.24, 2.45) is 10.1 Å². The number of aliphatic imine (C=N–C) groups is 1. The van der Waals surface area contributed by atoms with Crippen molar-refractivity contribution in [3.63, 3.8) is 0 Å². The number of hydrazone groups is 1. The first-order chi connectivity index (χ1) is 14.9. The molecule has 0 radical (unpaired) electrons. The van der Waals surface area contributed by atoms with Crippen LogP contribution in [0.4, 0.5) is 0 Å². The molecule has 0 fully saturated rings. The lowest BCUT2D eigenvalue weighted by atomic mass is 10.1. The number of thioether (sulfide) groups is 1. The highest BCUT2D eigenvalue weighted by molar-refractivity contribution is 8.26. The van der Waals surface area contributed by atoms with Crippen molar-refractivity contribution in [3.8, 4) is 5.75 Å². The Kier molecular flexibility index (Phi) is 5.75. The molecule has 0 unspecified atom stereocenters. The molecule has 158 valence electrons. The molecule has 2 aromatic carbocycles. The molecule has 0 aromatic heterocycles. The van der Waals surface area contributed by atoms with Crippen molar-refractivity contribution < 1.29 is 17.4 Å². The minimum absolute atomic E-state index is 0.000919. The largest absolute Gasteiger partial charge is 0.378 e. The molecule has 0 spiro atoms. The maximum absolute atomic E-state index is 12.6. The lowest BCUT2D eigenvalue weighted by Crippen LogP contribution is -2.35. The fourth-order valence-corrected chi connectivity index (χ4v) is 4.89. The number of para-hydroxylation sites is 1. The van der Waals surface area contributed by atoms with Gasteiger partial charge in [-0.15, -0.1) is 0 Å². The summed E-state index contributed by atoms with van der Waals surface area (Å²) < 4.78 is 30.6. The molecule has 1 amide bonds. The molecule has 0 bridgehead atoms. The number of carbonyl (C=O) groups is 1. The van der Waals surface area contributed by atoms with Crippen LogP contribution in [0, 0.1) is 5.41 Å². The molecular formula is C21H18N4O4S2. The van der Waals surface area contributed by atoms with Crippen molar-refractivity contribution in [2.45, 2.75) is 24.7 Å². The monoisotopic (exact) mass is 454 g/mol. The number of benzene rings is 2. The molecule has 2 aliphatic heterocycles. The first kappa shape index (κ1) is 21.0. The molecule has 2 heterocycles. The maximum Gasteiger partial charge on any atom is 0.339 e. The maximum atomic E-state index is 12.6.